The first-order valence-electron chi connectivity index (χ1n) is 4.90. The van der Waals surface area contributed by atoms with E-state index in [9.17, 15) is 0 Å². The van der Waals surface area contributed by atoms with Crippen molar-refractivity contribution in [2.45, 2.75) is 38.7 Å². The van der Waals surface area contributed by atoms with E-state index in [0.29, 0.717) is 0 Å². The Morgan fingerprint density at radius 3 is 1.71 bits per heavy atom. The van der Waals surface area contributed by atoms with E-state index < -0.39 is 8.80 Å². The first-order chi connectivity index (χ1) is 6.24. The highest BCUT2D eigenvalue weighted by Crippen LogP contribution is 2.17. The van der Waals surface area contributed by atoms with Crippen molar-refractivity contribution in [3.05, 3.63) is 0 Å². The summed E-state index contributed by atoms with van der Waals surface area (Å²) in [5.74, 6) is 0. The molecule has 0 rings (SSSR count). The minimum absolute atomic E-state index is 0. The van der Waals surface area contributed by atoms with Crippen molar-refractivity contribution in [2.24, 2.45) is 0 Å². The molecule has 0 atom stereocenters. The number of unbranched alkanes of at least 4 members (excludes halogenated alkanes) is 3. The fourth-order valence-electron chi connectivity index (χ4n) is 1.32. The average Bonchev–Trinajstić information content (AvgIpc) is 2.20. The quantitative estimate of drug-likeness (QED) is 0.470. The van der Waals surface area contributed by atoms with E-state index in [0.717, 1.165) is 12.5 Å². The molecule has 0 fully saturated rings. The van der Waals surface area contributed by atoms with Crippen molar-refractivity contribution < 1.29 is 18.0 Å². The van der Waals surface area contributed by atoms with E-state index in [1.807, 2.05) is 0 Å². The van der Waals surface area contributed by atoms with Gasteiger partial charge in [0.1, 0.15) is 0 Å². The van der Waals surface area contributed by atoms with Crippen molar-refractivity contribution in [3.63, 3.8) is 0 Å². The van der Waals surface area contributed by atoms with Crippen LogP contribution in [0.5, 0.6) is 0 Å². The highest BCUT2D eigenvalue weighted by molar-refractivity contribution is 6.60. The maximum atomic E-state index is 5.31. The standard InChI is InChI=1S/C9H22O3Si.FH/c1-5-6-7-8-9-13(10-2,11-3)12-4;/h5-9H2,1-4H3;1H. The Labute approximate surface area is 87.5 Å². The zero-order valence-electron chi connectivity index (χ0n) is 9.67. The molecule has 0 spiro atoms. The smallest absolute Gasteiger partial charge is 0.377 e. The predicted molar refractivity (Wildman–Crippen MR) is 58.2 cm³/mol. The summed E-state index contributed by atoms with van der Waals surface area (Å²) in [4.78, 5) is 0. The molecule has 0 amide bonds. The highest BCUT2D eigenvalue weighted by Gasteiger charge is 2.36. The summed E-state index contributed by atoms with van der Waals surface area (Å²) in [5, 5.41) is 0. The molecule has 0 saturated heterocycles. The minimum atomic E-state index is -2.27. The lowest BCUT2D eigenvalue weighted by molar-refractivity contribution is 0.122. The molecule has 5 heteroatoms. The Kier molecular flexibility index (Phi) is 11.3. The van der Waals surface area contributed by atoms with Gasteiger partial charge in [-0.05, 0) is 6.42 Å². The van der Waals surface area contributed by atoms with Gasteiger partial charge in [0.25, 0.3) is 0 Å². The molecule has 0 aromatic rings. The van der Waals surface area contributed by atoms with Crippen LogP contribution in [0.4, 0.5) is 4.70 Å². The Balaban J connectivity index is 0. The minimum Gasteiger partial charge on any atom is -0.377 e. The second kappa shape index (κ2) is 9.58. The van der Waals surface area contributed by atoms with Gasteiger partial charge < -0.3 is 13.3 Å². The summed E-state index contributed by atoms with van der Waals surface area (Å²) in [7, 11) is 2.73. The van der Waals surface area contributed by atoms with Gasteiger partial charge in [0.15, 0.2) is 0 Å². The van der Waals surface area contributed by atoms with Crippen LogP contribution in [0.1, 0.15) is 32.6 Å². The van der Waals surface area contributed by atoms with Crippen molar-refractivity contribution >= 4 is 8.80 Å². The lowest BCUT2D eigenvalue weighted by atomic mass is 10.2. The lowest BCUT2D eigenvalue weighted by Gasteiger charge is -2.24. The second-order valence-electron chi connectivity index (χ2n) is 3.11. The zero-order valence-corrected chi connectivity index (χ0v) is 10.7. The molecule has 0 saturated carbocycles. The summed E-state index contributed by atoms with van der Waals surface area (Å²) in [5.41, 5.74) is 0. The molecule has 0 aliphatic rings. The first-order valence-corrected chi connectivity index (χ1v) is 6.83. The van der Waals surface area contributed by atoms with Crippen molar-refractivity contribution in [3.8, 4) is 0 Å². The molecule has 0 bridgehead atoms. The van der Waals surface area contributed by atoms with Crippen molar-refractivity contribution in [1.29, 1.82) is 0 Å². The monoisotopic (exact) mass is 226 g/mol. The fraction of sp³-hybridized carbons (Fsp3) is 1.00. The maximum absolute atomic E-state index is 5.31. The SMILES string of the molecule is CCCCCC[Si](OC)(OC)OC.F. The summed E-state index contributed by atoms with van der Waals surface area (Å²) < 4.78 is 15.9. The molecule has 0 radical (unpaired) electrons. The third-order valence-corrected chi connectivity index (χ3v) is 5.10. The Morgan fingerprint density at radius 2 is 1.36 bits per heavy atom. The molecule has 0 aliphatic heterocycles. The lowest BCUT2D eigenvalue weighted by Crippen LogP contribution is -2.42. The van der Waals surface area contributed by atoms with Crippen LogP contribution in [0.15, 0.2) is 0 Å². The number of hydrogen-bond acceptors (Lipinski definition) is 3. The van der Waals surface area contributed by atoms with Crippen LogP contribution in [0, 0.1) is 0 Å². The Morgan fingerprint density at radius 1 is 0.857 bits per heavy atom. The van der Waals surface area contributed by atoms with Gasteiger partial charge in [-0.3, -0.25) is 4.70 Å². The summed E-state index contributed by atoms with van der Waals surface area (Å²) >= 11 is 0. The van der Waals surface area contributed by atoms with E-state index >= 15 is 0 Å². The van der Waals surface area contributed by atoms with Crippen molar-refractivity contribution in [2.75, 3.05) is 21.3 Å². The molecular weight excluding hydrogens is 203 g/mol. The normalized spacial score (nSPS) is 11.1. The fourth-order valence-corrected chi connectivity index (χ4v) is 3.12. The third kappa shape index (κ3) is 5.69. The molecule has 0 aromatic carbocycles. The molecule has 0 heterocycles. The first kappa shape index (κ1) is 16.5. The average molecular weight is 226 g/mol. The molecule has 14 heavy (non-hydrogen) atoms. The van der Waals surface area contributed by atoms with Gasteiger partial charge in [0.05, 0.1) is 0 Å². The second-order valence-corrected chi connectivity index (χ2v) is 6.20. The van der Waals surface area contributed by atoms with Crippen LogP contribution in [-0.4, -0.2) is 30.1 Å². The zero-order chi connectivity index (χ0) is 10.2. The van der Waals surface area contributed by atoms with Gasteiger partial charge in [-0.2, -0.15) is 0 Å². The van der Waals surface area contributed by atoms with Gasteiger partial charge in [-0.15, -0.1) is 0 Å². The molecule has 0 unspecified atom stereocenters. The Hall–Kier alpha value is 0.0269. The van der Waals surface area contributed by atoms with E-state index in [1.165, 1.54) is 19.3 Å². The van der Waals surface area contributed by atoms with Crippen LogP contribution in [-0.2, 0) is 13.3 Å². The van der Waals surface area contributed by atoms with Crippen LogP contribution in [0.25, 0.3) is 0 Å². The van der Waals surface area contributed by atoms with E-state index in [-0.39, 0.29) is 4.70 Å². The number of hydrogen-bond donors (Lipinski definition) is 0. The molecule has 0 aliphatic carbocycles. The molecule has 3 nitrogen and oxygen atoms in total. The van der Waals surface area contributed by atoms with E-state index in [4.69, 9.17) is 13.3 Å². The molecule has 0 aromatic heterocycles. The van der Waals surface area contributed by atoms with Gasteiger partial charge in [-0.1, -0.05) is 26.2 Å². The van der Waals surface area contributed by atoms with Crippen LogP contribution in [0.3, 0.4) is 0 Å². The van der Waals surface area contributed by atoms with Gasteiger partial charge in [0.2, 0.25) is 0 Å². The molecule has 0 N–H and O–H groups in total. The predicted octanol–water partition coefficient (Wildman–Crippen LogP) is 2.60. The highest BCUT2D eigenvalue weighted by atomic mass is 28.4. The number of rotatable bonds is 8. The van der Waals surface area contributed by atoms with Gasteiger partial charge >= 0.3 is 8.80 Å². The maximum Gasteiger partial charge on any atom is 0.500 e. The third-order valence-electron chi connectivity index (χ3n) is 2.27. The Bertz CT molecular complexity index is 112. The van der Waals surface area contributed by atoms with Gasteiger partial charge in [-0.25, -0.2) is 0 Å². The summed E-state index contributed by atoms with van der Waals surface area (Å²) in [6.07, 6.45) is 4.90. The van der Waals surface area contributed by atoms with Crippen LogP contribution < -0.4 is 0 Å². The van der Waals surface area contributed by atoms with Crippen LogP contribution >= 0.6 is 0 Å². The summed E-state index contributed by atoms with van der Waals surface area (Å²) in [6.45, 7) is 2.20. The largest absolute Gasteiger partial charge is 0.500 e. The number of halogens is 1. The summed E-state index contributed by atoms with van der Waals surface area (Å²) in [6, 6.07) is 0.927. The van der Waals surface area contributed by atoms with E-state index in [1.54, 1.807) is 21.3 Å². The topological polar surface area (TPSA) is 27.7 Å². The molecular formula is C9H23FO3Si. The van der Waals surface area contributed by atoms with Crippen LogP contribution in [0.2, 0.25) is 6.04 Å². The van der Waals surface area contributed by atoms with E-state index in [2.05, 4.69) is 6.92 Å². The molecule has 88 valence electrons. The van der Waals surface area contributed by atoms with Crippen molar-refractivity contribution in [1.82, 2.24) is 0 Å². The van der Waals surface area contributed by atoms with Gasteiger partial charge in [0, 0.05) is 27.4 Å².